The van der Waals surface area contributed by atoms with E-state index in [4.69, 9.17) is 5.73 Å². The molecule has 0 saturated heterocycles. The van der Waals surface area contributed by atoms with Gasteiger partial charge in [-0.2, -0.15) is 0 Å². The summed E-state index contributed by atoms with van der Waals surface area (Å²) in [6.45, 7) is 2.01. The topological polar surface area (TPSA) is 38.9 Å². The Kier molecular flexibility index (Phi) is 3.52. The van der Waals surface area contributed by atoms with Gasteiger partial charge in [-0.3, -0.25) is 0 Å². The van der Waals surface area contributed by atoms with E-state index in [1.165, 1.54) is 21.6 Å². The molecule has 1 heterocycles. The van der Waals surface area contributed by atoms with Crippen molar-refractivity contribution in [1.82, 2.24) is 4.98 Å². The number of nitrogens with zero attached hydrogens (tertiary/aromatic N) is 1. The van der Waals surface area contributed by atoms with Crippen LogP contribution in [0.3, 0.4) is 0 Å². The Bertz CT molecular complexity index is 700. The molecule has 0 atom stereocenters. The molecular weight excluding hydrogens is 264 g/mol. The molecule has 3 aromatic rings. The predicted octanol–water partition coefficient (Wildman–Crippen LogP) is 4.29. The van der Waals surface area contributed by atoms with Crippen LogP contribution in [0.2, 0.25) is 0 Å². The summed E-state index contributed by atoms with van der Waals surface area (Å²) in [5.41, 5.74) is 10.6. The van der Waals surface area contributed by atoms with E-state index in [1.54, 1.807) is 11.3 Å². The minimum Gasteiger partial charge on any atom is -0.375 e. The minimum absolute atomic E-state index is 0.651. The highest BCUT2D eigenvalue weighted by Crippen LogP contribution is 2.24. The van der Waals surface area contributed by atoms with Gasteiger partial charge in [-0.05, 0) is 23.6 Å². The molecule has 1 aromatic heterocycles. The maximum Gasteiger partial charge on any atom is 0.180 e. The summed E-state index contributed by atoms with van der Waals surface area (Å²) in [7, 11) is 0. The van der Waals surface area contributed by atoms with Crippen molar-refractivity contribution in [1.29, 1.82) is 0 Å². The standard InChI is InChI=1S/C17H16N2S/c1-12-16(20-17(18)19-12)11-13-7-9-15(10-8-13)14-5-3-2-4-6-14/h2-10H,11H2,1H3,(H2,18,19). The minimum atomic E-state index is 0.651. The second kappa shape index (κ2) is 5.47. The summed E-state index contributed by atoms with van der Waals surface area (Å²) in [6.07, 6.45) is 0.899. The molecular formula is C17H16N2S. The van der Waals surface area contributed by atoms with Gasteiger partial charge in [-0.15, -0.1) is 11.3 Å². The summed E-state index contributed by atoms with van der Waals surface area (Å²) in [5.74, 6) is 0. The zero-order chi connectivity index (χ0) is 13.9. The first-order chi connectivity index (χ1) is 9.72. The molecule has 0 bridgehead atoms. The molecule has 2 N–H and O–H groups in total. The van der Waals surface area contributed by atoms with E-state index in [1.807, 2.05) is 13.0 Å². The van der Waals surface area contributed by atoms with E-state index in [0.717, 1.165) is 12.1 Å². The van der Waals surface area contributed by atoms with Crippen LogP contribution in [0.15, 0.2) is 54.6 Å². The van der Waals surface area contributed by atoms with Crippen molar-refractivity contribution in [2.24, 2.45) is 0 Å². The van der Waals surface area contributed by atoms with E-state index in [9.17, 15) is 0 Å². The molecule has 2 nitrogen and oxygen atoms in total. The monoisotopic (exact) mass is 280 g/mol. The second-order valence-corrected chi connectivity index (χ2v) is 5.92. The molecule has 0 saturated carbocycles. The molecule has 100 valence electrons. The summed E-state index contributed by atoms with van der Waals surface area (Å²) < 4.78 is 0. The second-order valence-electron chi connectivity index (χ2n) is 4.80. The molecule has 0 aliphatic heterocycles. The molecule has 0 unspecified atom stereocenters. The summed E-state index contributed by atoms with van der Waals surface area (Å²) in [6, 6.07) is 19.1. The third-order valence-electron chi connectivity index (χ3n) is 3.33. The van der Waals surface area contributed by atoms with E-state index >= 15 is 0 Å². The highest BCUT2D eigenvalue weighted by atomic mass is 32.1. The first kappa shape index (κ1) is 12.9. The number of benzene rings is 2. The van der Waals surface area contributed by atoms with Crippen LogP contribution in [0.4, 0.5) is 5.13 Å². The van der Waals surface area contributed by atoms with Gasteiger partial charge in [0.15, 0.2) is 5.13 Å². The lowest BCUT2D eigenvalue weighted by atomic mass is 10.0. The molecule has 0 amide bonds. The van der Waals surface area contributed by atoms with Crippen molar-refractivity contribution < 1.29 is 0 Å². The summed E-state index contributed by atoms with van der Waals surface area (Å²) in [4.78, 5) is 5.51. The summed E-state index contributed by atoms with van der Waals surface area (Å²) in [5, 5.41) is 0.651. The fourth-order valence-electron chi connectivity index (χ4n) is 2.25. The van der Waals surface area contributed by atoms with Crippen molar-refractivity contribution in [3.05, 3.63) is 70.7 Å². The number of thiazole rings is 1. The van der Waals surface area contributed by atoms with Gasteiger partial charge in [0, 0.05) is 11.3 Å². The largest absolute Gasteiger partial charge is 0.375 e. The van der Waals surface area contributed by atoms with Crippen LogP contribution in [0.5, 0.6) is 0 Å². The van der Waals surface area contributed by atoms with Gasteiger partial charge in [0.25, 0.3) is 0 Å². The van der Waals surface area contributed by atoms with Crippen LogP contribution < -0.4 is 5.73 Å². The van der Waals surface area contributed by atoms with Gasteiger partial charge < -0.3 is 5.73 Å². The van der Waals surface area contributed by atoms with E-state index in [0.29, 0.717) is 5.13 Å². The SMILES string of the molecule is Cc1nc(N)sc1Cc1ccc(-c2ccccc2)cc1. The van der Waals surface area contributed by atoms with Crippen LogP contribution in [0, 0.1) is 6.92 Å². The average Bonchev–Trinajstić information content (AvgIpc) is 2.79. The van der Waals surface area contributed by atoms with Gasteiger partial charge in [0.1, 0.15) is 0 Å². The van der Waals surface area contributed by atoms with E-state index in [-0.39, 0.29) is 0 Å². The first-order valence-electron chi connectivity index (χ1n) is 6.58. The molecule has 3 rings (SSSR count). The van der Waals surface area contributed by atoms with Crippen molar-refractivity contribution >= 4 is 16.5 Å². The number of anilines is 1. The molecule has 3 heteroatoms. The zero-order valence-corrected chi connectivity index (χ0v) is 12.2. The number of aromatic nitrogens is 1. The normalized spacial score (nSPS) is 10.7. The van der Waals surface area contributed by atoms with Crippen molar-refractivity contribution in [3.63, 3.8) is 0 Å². The lowest BCUT2D eigenvalue weighted by Gasteiger charge is -2.04. The Morgan fingerprint density at radius 1 is 0.950 bits per heavy atom. The highest BCUT2D eigenvalue weighted by Gasteiger charge is 2.06. The van der Waals surface area contributed by atoms with Gasteiger partial charge in [0.2, 0.25) is 0 Å². The van der Waals surface area contributed by atoms with Crippen LogP contribution in [0.25, 0.3) is 11.1 Å². The highest BCUT2D eigenvalue weighted by molar-refractivity contribution is 7.15. The number of rotatable bonds is 3. The van der Waals surface area contributed by atoms with Gasteiger partial charge in [-0.1, -0.05) is 54.6 Å². The molecule has 0 radical (unpaired) electrons. The van der Waals surface area contributed by atoms with Crippen LogP contribution >= 0.6 is 11.3 Å². The van der Waals surface area contributed by atoms with Crippen molar-refractivity contribution in [3.8, 4) is 11.1 Å². The van der Waals surface area contributed by atoms with E-state index in [2.05, 4.69) is 53.5 Å². The third-order valence-corrected chi connectivity index (χ3v) is 4.32. The fraction of sp³-hybridized carbons (Fsp3) is 0.118. The molecule has 0 aliphatic carbocycles. The molecule has 20 heavy (non-hydrogen) atoms. The van der Waals surface area contributed by atoms with Crippen molar-refractivity contribution in [2.75, 3.05) is 5.73 Å². The number of hydrogen-bond donors (Lipinski definition) is 1. The summed E-state index contributed by atoms with van der Waals surface area (Å²) >= 11 is 1.58. The Hall–Kier alpha value is -2.13. The molecule has 0 aliphatic rings. The number of nitrogen functional groups attached to an aromatic ring is 1. The Balaban J connectivity index is 1.82. The van der Waals surface area contributed by atoms with E-state index < -0.39 is 0 Å². The average molecular weight is 280 g/mol. The van der Waals surface area contributed by atoms with Crippen LogP contribution in [-0.2, 0) is 6.42 Å². The Morgan fingerprint density at radius 3 is 2.20 bits per heavy atom. The number of nitrogens with two attached hydrogens (primary N) is 1. The number of hydrogen-bond acceptors (Lipinski definition) is 3. The van der Waals surface area contributed by atoms with Gasteiger partial charge in [0.05, 0.1) is 5.69 Å². The predicted molar refractivity (Wildman–Crippen MR) is 85.9 cm³/mol. The van der Waals surface area contributed by atoms with Gasteiger partial charge in [-0.25, -0.2) is 4.98 Å². The van der Waals surface area contributed by atoms with Crippen LogP contribution in [-0.4, -0.2) is 4.98 Å². The molecule has 0 spiro atoms. The fourth-order valence-corrected chi connectivity index (χ4v) is 3.11. The zero-order valence-electron chi connectivity index (χ0n) is 11.3. The molecule has 2 aromatic carbocycles. The van der Waals surface area contributed by atoms with Gasteiger partial charge >= 0.3 is 0 Å². The smallest absolute Gasteiger partial charge is 0.180 e. The Labute approximate surface area is 122 Å². The maximum atomic E-state index is 5.74. The maximum absolute atomic E-state index is 5.74. The Morgan fingerprint density at radius 2 is 1.60 bits per heavy atom. The first-order valence-corrected chi connectivity index (χ1v) is 7.40. The third kappa shape index (κ3) is 2.73. The molecule has 0 fully saturated rings. The van der Waals surface area contributed by atoms with Crippen molar-refractivity contribution in [2.45, 2.75) is 13.3 Å². The van der Waals surface area contributed by atoms with Crippen LogP contribution in [0.1, 0.15) is 16.1 Å². The lowest BCUT2D eigenvalue weighted by molar-refractivity contribution is 1.15. The number of aryl methyl sites for hydroxylation is 1. The lowest BCUT2D eigenvalue weighted by Crippen LogP contribution is -1.88. The quantitative estimate of drug-likeness (QED) is 0.777.